The van der Waals surface area contributed by atoms with Crippen molar-refractivity contribution >= 4 is 28.0 Å². The maximum atomic E-state index is 6.09. The first-order valence-electron chi connectivity index (χ1n) is 8.24. The molecule has 0 unspecified atom stereocenters. The summed E-state index contributed by atoms with van der Waals surface area (Å²) in [4.78, 5) is 4.84. The summed E-state index contributed by atoms with van der Waals surface area (Å²) in [6, 6.07) is 8.69. The second-order valence-corrected chi connectivity index (χ2v) is 6.78. The molecule has 0 radical (unpaired) electrons. The molecule has 2 aromatic heterocycles. The Morgan fingerprint density at radius 1 is 1.23 bits per heavy atom. The van der Waals surface area contributed by atoms with Crippen molar-refractivity contribution in [3.8, 4) is 0 Å². The van der Waals surface area contributed by atoms with E-state index in [0.29, 0.717) is 11.8 Å². The zero-order valence-electron chi connectivity index (χ0n) is 13.0. The average molecular weight is 313 g/mol. The molecule has 2 heterocycles. The lowest BCUT2D eigenvalue weighted by Crippen LogP contribution is -2.06. The standard InChI is InChI=1S/C19H21ClN2/c1-13-12-21-19(14-6-2-3-7-14)22-17-9-5-4-8-15(17)16(10-11-20)18(13)22/h4-5,8-9,12,14H,2-3,6-7,10-11H2,1H3. The number of fused-ring (bicyclic) bond motifs is 3. The molecule has 0 bridgehead atoms. The number of nitrogens with zero attached hydrogens (tertiary/aromatic N) is 2. The molecule has 0 atom stereocenters. The molecule has 114 valence electrons. The van der Waals surface area contributed by atoms with Crippen molar-refractivity contribution in [2.45, 2.75) is 44.9 Å². The Kier molecular flexibility index (Phi) is 3.57. The molecule has 1 aromatic carbocycles. The maximum absolute atomic E-state index is 6.09. The van der Waals surface area contributed by atoms with Gasteiger partial charge < -0.3 is 0 Å². The van der Waals surface area contributed by atoms with E-state index in [-0.39, 0.29) is 0 Å². The van der Waals surface area contributed by atoms with Crippen LogP contribution in [0.25, 0.3) is 16.4 Å². The van der Waals surface area contributed by atoms with E-state index in [9.17, 15) is 0 Å². The van der Waals surface area contributed by atoms with E-state index < -0.39 is 0 Å². The summed E-state index contributed by atoms with van der Waals surface area (Å²) < 4.78 is 2.42. The van der Waals surface area contributed by atoms with Gasteiger partial charge in [0.25, 0.3) is 0 Å². The van der Waals surface area contributed by atoms with Crippen LogP contribution in [0.1, 0.15) is 48.6 Å². The third-order valence-electron chi connectivity index (χ3n) is 5.04. The van der Waals surface area contributed by atoms with Crippen molar-refractivity contribution in [3.63, 3.8) is 0 Å². The SMILES string of the molecule is Cc1cnc(C2CCCC2)n2c1c(CCCl)c1ccccc12. The molecule has 22 heavy (non-hydrogen) atoms. The van der Waals surface area contributed by atoms with Gasteiger partial charge in [-0.2, -0.15) is 0 Å². The van der Waals surface area contributed by atoms with Crippen LogP contribution in [0.2, 0.25) is 0 Å². The lowest BCUT2D eigenvalue weighted by molar-refractivity contribution is 0.659. The number of halogens is 1. The second-order valence-electron chi connectivity index (χ2n) is 6.40. The summed E-state index contributed by atoms with van der Waals surface area (Å²) in [5.41, 5.74) is 5.25. The normalized spacial score (nSPS) is 16.1. The highest BCUT2D eigenvalue weighted by Crippen LogP contribution is 2.37. The zero-order valence-corrected chi connectivity index (χ0v) is 13.7. The van der Waals surface area contributed by atoms with Crippen molar-refractivity contribution < 1.29 is 0 Å². The molecule has 1 aliphatic rings. The third-order valence-corrected chi connectivity index (χ3v) is 5.23. The van der Waals surface area contributed by atoms with Crippen molar-refractivity contribution in [1.82, 2.24) is 9.38 Å². The van der Waals surface area contributed by atoms with Gasteiger partial charge in [0.15, 0.2) is 0 Å². The maximum Gasteiger partial charge on any atom is 0.116 e. The third kappa shape index (κ3) is 2.04. The zero-order chi connectivity index (χ0) is 15.1. The fraction of sp³-hybridized carbons (Fsp3) is 0.421. The van der Waals surface area contributed by atoms with Crippen LogP contribution in [-0.2, 0) is 6.42 Å². The number of aromatic nitrogens is 2. The molecule has 2 nitrogen and oxygen atoms in total. The number of hydrogen-bond donors (Lipinski definition) is 0. The Balaban J connectivity index is 2.11. The van der Waals surface area contributed by atoms with Gasteiger partial charge in [0, 0.05) is 23.4 Å². The van der Waals surface area contributed by atoms with Crippen molar-refractivity contribution in [3.05, 3.63) is 47.4 Å². The van der Waals surface area contributed by atoms with Gasteiger partial charge in [-0.05, 0) is 43.4 Å². The topological polar surface area (TPSA) is 17.3 Å². The number of aryl methyl sites for hydroxylation is 2. The molecule has 1 saturated carbocycles. The minimum Gasteiger partial charge on any atom is -0.297 e. The lowest BCUT2D eigenvalue weighted by Gasteiger charge is -2.14. The van der Waals surface area contributed by atoms with Crippen LogP contribution in [0.4, 0.5) is 0 Å². The molecule has 0 saturated heterocycles. The van der Waals surface area contributed by atoms with Gasteiger partial charge >= 0.3 is 0 Å². The van der Waals surface area contributed by atoms with Crippen LogP contribution < -0.4 is 0 Å². The minimum atomic E-state index is 0.600. The summed E-state index contributed by atoms with van der Waals surface area (Å²) in [6.45, 7) is 2.16. The summed E-state index contributed by atoms with van der Waals surface area (Å²) in [6.07, 6.45) is 8.16. The van der Waals surface area contributed by atoms with E-state index >= 15 is 0 Å². The van der Waals surface area contributed by atoms with Crippen molar-refractivity contribution in [2.24, 2.45) is 0 Å². The second kappa shape index (κ2) is 5.58. The number of benzene rings is 1. The van der Waals surface area contributed by atoms with Gasteiger partial charge in [-0.3, -0.25) is 4.40 Å². The molecule has 1 aliphatic carbocycles. The lowest BCUT2D eigenvalue weighted by atomic mass is 10.1. The molecule has 1 fully saturated rings. The first kappa shape index (κ1) is 14.1. The number of rotatable bonds is 3. The monoisotopic (exact) mass is 312 g/mol. The van der Waals surface area contributed by atoms with E-state index in [2.05, 4.69) is 41.8 Å². The molecular formula is C19H21ClN2. The molecular weight excluding hydrogens is 292 g/mol. The number of hydrogen-bond acceptors (Lipinski definition) is 1. The Morgan fingerprint density at radius 2 is 2.00 bits per heavy atom. The van der Waals surface area contributed by atoms with Crippen molar-refractivity contribution in [1.29, 1.82) is 0 Å². The van der Waals surface area contributed by atoms with Crippen LogP contribution in [0.5, 0.6) is 0 Å². The van der Waals surface area contributed by atoms with Gasteiger partial charge in [-0.25, -0.2) is 4.98 Å². The minimum absolute atomic E-state index is 0.600. The van der Waals surface area contributed by atoms with Gasteiger partial charge in [0.1, 0.15) is 5.82 Å². The average Bonchev–Trinajstić information content (AvgIpc) is 3.16. The number of para-hydroxylation sites is 1. The van der Waals surface area contributed by atoms with Crippen LogP contribution >= 0.6 is 11.6 Å². The van der Waals surface area contributed by atoms with Crippen LogP contribution in [0.15, 0.2) is 30.5 Å². The molecule has 0 amide bonds. The Hall–Kier alpha value is -1.54. The summed E-state index contributed by atoms with van der Waals surface area (Å²) in [5.74, 6) is 2.50. The van der Waals surface area contributed by atoms with E-state index in [4.69, 9.17) is 16.6 Å². The first-order valence-corrected chi connectivity index (χ1v) is 8.78. The summed E-state index contributed by atoms with van der Waals surface area (Å²) in [5, 5.41) is 1.33. The first-order chi connectivity index (χ1) is 10.8. The fourth-order valence-corrected chi connectivity index (χ4v) is 4.25. The van der Waals surface area contributed by atoms with Crippen LogP contribution in [-0.4, -0.2) is 15.3 Å². The molecule has 3 heteroatoms. The Bertz CT molecular complexity index is 828. The highest BCUT2D eigenvalue weighted by atomic mass is 35.5. The fourth-order valence-electron chi connectivity index (χ4n) is 4.06. The van der Waals surface area contributed by atoms with E-state index in [1.807, 2.05) is 0 Å². The van der Waals surface area contributed by atoms with Gasteiger partial charge in [0.2, 0.25) is 0 Å². The highest BCUT2D eigenvalue weighted by molar-refractivity contribution is 6.18. The van der Waals surface area contributed by atoms with Gasteiger partial charge in [0.05, 0.1) is 11.0 Å². The van der Waals surface area contributed by atoms with Crippen LogP contribution in [0.3, 0.4) is 0 Å². The molecule has 4 rings (SSSR count). The van der Waals surface area contributed by atoms with Gasteiger partial charge in [-0.15, -0.1) is 11.6 Å². The summed E-state index contributed by atoms with van der Waals surface area (Å²) >= 11 is 6.09. The van der Waals surface area contributed by atoms with Gasteiger partial charge in [-0.1, -0.05) is 31.0 Å². The molecule has 0 aliphatic heterocycles. The largest absolute Gasteiger partial charge is 0.297 e. The molecule has 3 aromatic rings. The van der Waals surface area contributed by atoms with Crippen molar-refractivity contribution in [2.75, 3.05) is 5.88 Å². The van der Waals surface area contributed by atoms with E-state index in [0.717, 1.165) is 6.42 Å². The predicted octanol–water partition coefficient (Wildman–Crippen LogP) is 5.23. The quantitative estimate of drug-likeness (QED) is 0.605. The predicted molar refractivity (Wildman–Crippen MR) is 93.1 cm³/mol. The van der Waals surface area contributed by atoms with E-state index in [1.165, 1.54) is 59.1 Å². The molecule has 0 N–H and O–H groups in total. The molecule has 0 spiro atoms. The highest BCUT2D eigenvalue weighted by Gasteiger charge is 2.24. The smallest absolute Gasteiger partial charge is 0.116 e. The Morgan fingerprint density at radius 3 is 2.77 bits per heavy atom. The number of alkyl halides is 1. The van der Waals surface area contributed by atoms with E-state index in [1.54, 1.807) is 0 Å². The van der Waals surface area contributed by atoms with Crippen LogP contribution in [0, 0.1) is 6.92 Å². The summed E-state index contributed by atoms with van der Waals surface area (Å²) in [7, 11) is 0. The Labute approximate surface area is 136 Å².